The Morgan fingerprint density at radius 3 is 2.81 bits per heavy atom. The Morgan fingerprint density at radius 2 is 2.04 bits per heavy atom. The summed E-state index contributed by atoms with van der Waals surface area (Å²) in [5.41, 5.74) is 3.26. The number of thiazole rings is 1. The molecular formula is C19H21N5OS. The van der Waals surface area contributed by atoms with Gasteiger partial charge in [0.1, 0.15) is 5.75 Å². The van der Waals surface area contributed by atoms with E-state index in [1.165, 1.54) is 18.5 Å². The minimum Gasteiger partial charge on any atom is -0.495 e. The molecule has 4 aromatic rings. The van der Waals surface area contributed by atoms with Gasteiger partial charge in [-0.1, -0.05) is 11.3 Å². The fraction of sp³-hybridized carbons (Fsp3) is 0.368. The highest BCUT2D eigenvalue weighted by atomic mass is 32.1. The third kappa shape index (κ3) is 2.50. The summed E-state index contributed by atoms with van der Waals surface area (Å²) in [6.45, 7) is 2.17. The zero-order valence-electron chi connectivity index (χ0n) is 14.9. The third-order valence-corrected chi connectivity index (χ3v) is 6.19. The molecule has 0 spiro atoms. The quantitative estimate of drug-likeness (QED) is 0.603. The van der Waals surface area contributed by atoms with Gasteiger partial charge in [0.15, 0.2) is 4.96 Å². The Kier molecular flexibility index (Phi) is 3.72. The Labute approximate surface area is 155 Å². The van der Waals surface area contributed by atoms with Crippen LogP contribution >= 0.6 is 11.3 Å². The monoisotopic (exact) mass is 367 g/mol. The molecular weight excluding hydrogens is 346 g/mol. The smallest absolute Gasteiger partial charge is 0.194 e. The molecule has 3 aromatic heterocycles. The zero-order valence-corrected chi connectivity index (χ0v) is 15.7. The summed E-state index contributed by atoms with van der Waals surface area (Å²) in [5, 5.41) is 8.93. The lowest BCUT2D eigenvalue weighted by molar-refractivity contribution is 0.421. The Hall–Kier alpha value is -2.38. The summed E-state index contributed by atoms with van der Waals surface area (Å²) in [5.74, 6) is 1.45. The van der Waals surface area contributed by atoms with Crippen molar-refractivity contribution in [2.75, 3.05) is 20.2 Å². The second kappa shape index (κ2) is 6.10. The van der Waals surface area contributed by atoms with E-state index in [4.69, 9.17) is 9.72 Å². The van der Waals surface area contributed by atoms with Gasteiger partial charge in [-0.2, -0.15) is 5.10 Å². The molecule has 26 heavy (non-hydrogen) atoms. The number of nitrogens with zero attached hydrogens (tertiary/aromatic N) is 4. The second-order valence-electron chi connectivity index (χ2n) is 6.86. The summed E-state index contributed by atoms with van der Waals surface area (Å²) in [6.07, 6.45) is 8.70. The van der Waals surface area contributed by atoms with Crippen LogP contribution in [0.25, 0.3) is 26.3 Å². The van der Waals surface area contributed by atoms with Crippen molar-refractivity contribution in [3.8, 4) is 16.2 Å². The first-order valence-electron chi connectivity index (χ1n) is 8.93. The molecule has 0 atom stereocenters. The number of aryl methyl sites for hydroxylation is 1. The molecule has 5 rings (SSSR count). The molecule has 1 aliphatic rings. The van der Waals surface area contributed by atoms with E-state index in [0.29, 0.717) is 5.92 Å². The van der Waals surface area contributed by atoms with Gasteiger partial charge >= 0.3 is 0 Å². The van der Waals surface area contributed by atoms with Gasteiger partial charge in [0.05, 0.1) is 28.6 Å². The van der Waals surface area contributed by atoms with E-state index in [0.717, 1.165) is 45.1 Å². The number of nitrogens with one attached hydrogen (secondary N) is 1. The molecule has 7 heteroatoms. The maximum Gasteiger partial charge on any atom is 0.194 e. The Bertz CT molecular complexity index is 1050. The zero-order chi connectivity index (χ0) is 17.7. The number of benzene rings is 1. The lowest BCUT2D eigenvalue weighted by Crippen LogP contribution is -2.26. The molecule has 1 fully saturated rings. The first-order chi connectivity index (χ1) is 12.7. The van der Waals surface area contributed by atoms with Crippen molar-refractivity contribution in [3.05, 3.63) is 36.4 Å². The number of hydrogen-bond acceptors (Lipinski definition) is 5. The van der Waals surface area contributed by atoms with Crippen LogP contribution in [0, 0.1) is 0 Å². The predicted molar refractivity (Wildman–Crippen MR) is 104 cm³/mol. The van der Waals surface area contributed by atoms with Gasteiger partial charge in [-0.05, 0) is 38.1 Å². The van der Waals surface area contributed by atoms with Crippen molar-refractivity contribution in [1.82, 2.24) is 24.5 Å². The number of aromatic nitrogens is 4. The van der Waals surface area contributed by atoms with Crippen molar-refractivity contribution < 1.29 is 4.74 Å². The van der Waals surface area contributed by atoms with Crippen LogP contribution in [0.4, 0.5) is 0 Å². The van der Waals surface area contributed by atoms with E-state index in [1.54, 1.807) is 18.4 Å². The molecule has 0 aliphatic carbocycles. The fourth-order valence-corrected chi connectivity index (χ4v) is 4.85. The summed E-state index contributed by atoms with van der Waals surface area (Å²) < 4.78 is 9.71. The number of methoxy groups -OCH3 is 1. The van der Waals surface area contributed by atoms with Crippen LogP contribution in [0.1, 0.15) is 24.5 Å². The first-order valence-corrected chi connectivity index (χ1v) is 9.74. The molecule has 0 saturated carbocycles. The van der Waals surface area contributed by atoms with Crippen molar-refractivity contribution in [1.29, 1.82) is 0 Å². The van der Waals surface area contributed by atoms with Gasteiger partial charge in [-0.15, -0.1) is 0 Å². The summed E-state index contributed by atoms with van der Waals surface area (Å²) in [6, 6.07) is 4.14. The molecule has 6 nitrogen and oxygen atoms in total. The minimum atomic E-state index is 0.577. The molecule has 0 amide bonds. The summed E-state index contributed by atoms with van der Waals surface area (Å²) in [4.78, 5) is 7.10. The lowest BCUT2D eigenvalue weighted by Gasteiger charge is -2.20. The molecule has 134 valence electrons. The molecule has 1 aromatic carbocycles. The fourth-order valence-electron chi connectivity index (χ4n) is 3.85. The van der Waals surface area contributed by atoms with Crippen LogP contribution in [-0.4, -0.2) is 39.4 Å². The van der Waals surface area contributed by atoms with Crippen LogP contribution in [0.3, 0.4) is 0 Å². The number of hydrogen-bond donors (Lipinski definition) is 1. The molecule has 1 N–H and O–H groups in total. The topological polar surface area (TPSA) is 56.4 Å². The lowest BCUT2D eigenvalue weighted by atomic mass is 9.95. The average molecular weight is 367 g/mol. The second-order valence-corrected chi connectivity index (χ2v) is 7.87. The molecule has 4 heterocycles. The average Bonchev–Trinajstić information content (AvgIpc) is 3.33. The first kappa shape index (κ1) is 15.8. The van der Waals surface area contributed by atoms with Crippen molar-refractivity contribution in [3.63, 3.8) is 0 Å². The number of imidazole rings is 1. The summed E-state index contributed by atoms with van der Waals surface area (Å²) in [7, 11) is 3.65. The molecule has 0 bridgehead atoms. The maximum absolute atomic E-state index is 5.73. The van der Waals surface area contributed by atoms with E-state index in [-0.39, 0.29) is 0 Å². The Morgan fingerprint density at radius 1 is 1.19 bits per heavy atom. The molecule has 1 aliphatic heterocycles. The normalized spacial score (nSPS) is 15.9. The van der Waals surface area contributed by atoms with Gasteiger partial charge in [0, 0.05) is 37.1 Å². The largest absolute Gasteiger partial charge is 0.495 e. The van der Waals surface area contributed by atoms with Gasteiger partial charge in [0.2, 0.25) is 0 Å². The van der Waals surface area contributed by atoms with E-state index in [2.05, 4.69) is 39.3 Å². The number of rotatable bonds is 3. The van der Waals surface area contributed by atoms with Crippen LogP contribution in [-0.2, 0) is 7.05 Å². The third-order valence-electron chi connectivity index (χ3n) is 5.16. The SMILES string of the molecule is COc1c(-c2cn3cc(C4CCNCC4)nc3s2)ccc2nn(C)cc12. The highest BCUT2D eigenvalue weighted by Gasteiger charge is 2.20. The van der Waals surface area contributed by atoms with E-state index >= 15 is 0 Å². The highest BCUT2D eigenvalue weighted by molar-refractivity contribution is 7.20. The Balaban J connectivity index is 1.56. The number of fused-ring (bicyclic) bond motifs is 2. The summed E-state index contributed by atoms with van der Waals surface area (Å²) >= 11 is 1.71. The molecule has 1 saturated heterocycles. The van der Waals surface area contributed by atoms with Gasteiger partial charge in [0.25, 0.3) is 0 Å². The molecule has 0 radical (unpaired) electrons. The van der Waals surface area contributed by atoms with E-state index < -0.39 is 0 Å². The van der Waals surface area contributed by atoms with E-state index in [9.17, 15) is 0 Å². The van der Waals surface area contributed by atoms with Gasteiger partial charge in [-0.25, -0.2) is 4.98 Å². The maximum atomic E-state index is 5.73. The number of ether oxygens (including phenoxy) is 1. The van der Waals surface area contributed by atoms with Crippen LogP contribution in [0.2, 0.25) is 0 Å². The van der Waals surface area contributed by atoms with Gasteiger partial charge in [-0.3, -0.25) is 9.08 Å². The van der Waals surface area contributed by atoms with Crippen LogP contribution in [0.15, 0.2) is 30.7 Å². The number of piperidine rings is 1. The van der Waals surface area contributed by atoms with Gasteiger partial charge < -0.3 is 10.1 Å². The van der Waals surface area contributed by atoms with Crippen molar-refractivity contribution >= 4 is 27.2 Å². The highest BCUT2D eigenvalue weighted by Crippen LogP contribution is 2.40. The standard InChI is InChI=1S/C19H21N5OS/c1-23-9-14-15(22-23)4-3-13(18(14)25-2)17-11-24-10-16(21-19(24)26-17)12-5-7-20-8-6-12/h3-4,9-12,20H,5-8H2,1-2H3. The van der Waals surface area contributed by atoms with Crippen LogP contribution < -0.4 is 10.1 Å². The van der Waals surface area contributed by atoms with Crippen molar-refractivity contribution in [2.24, 2.45) is 7.05 Å². The van der Waals surface area contributed by atoms with Crippen LogP contribution in [0.5, 0.6) is 5.75 Å². The molecule has 0 unspecified atom stereocenters. The predicted octanol–water partition coefficient (Wildman–Crippen LogP) is 3.43. The van der Waals surface area contributed by atoms with E-state index in [1.807, 2.05) is 17.9 Å². The van der Waals surface area contributed by atoms with Crippen molar-refractivity contribution in [2.45, 2.75) is 18.8 Å². The minimum absolute atomic E-state index is 0.577.